The highest BCUT2D eigenvalue weighted by atomic mass is 19.1. The van der Waals surface area contributed by atoms with Crippen LogP contribution in [0.2, 0.25) is 0 Å². The Labute approximate surface area is 364 Å². The second kappa shape index (κ2) is 13.3. The molecule has 0 saturated carbocycles. The SMILES string of the molecule is COc1ccc2c(c1)c1ccccc1c1cc3c(cc21)C(C)(C)c1cc2c(cc1-3)C(C)(C)c1cc3ccccc3cc1N2c1nc(-c2ccc(F)cc2)cc(-c2ccc(F)cc2)n1. The minimum Gasteiger partial charge on any atom is -0.497 e. The molecule has 2 heterocycles. The maximum Gasteiger partial charge on any atom is 0.235 e. The molecule has 0 saturated heterocycles. The minimum absolute atomic E-state index is 0.327. The number of benzene rings is 9. The average molecular weight is 822 g/mol. The van der Waals surface area contributed by atoms with Crippen LogP contribution >= 0.6 is 0 Å². The van der Waals surface area contributed by atoms with E-state index in [9.17, 15) is 8.78 Å². The van der Waals surface area contributed by atoms with Crippen LogP contribution < -0.4 is 9.64 Å². The third kappa shape index (κ3) is 5.50. The largest absolute Gasteiger partial charge is 0.497 e. The Bertz CT molecular complexity index is 3510. The van der Waals surface area contributed by atoms with Crippen molar-refractivity contribution in [2.24, 2.45) is 0 Å². The van der Waals surface area contributed by atoms with Gasteiger partial charge in [-0.05, 0) is 180 Å². The number of ether oxygens (including phenoxy) is 1. The fourth-order valence-corrected chi connectivity index (χ4v) is 10.5. The molecule has 0 amide bonds. The van der Waals surface area contributed by atoms with E-state index in [0.717, 1.165) is 50.2 Å². The van der Waals surface area contributed by atoms with Crippen LogP contribution in [0.1, 0.15) is 49.9 Å². The summed E-state index contributed by atoms with van der Waals surface area (Å²) in [6.45, 7) is 9.30. The van der Waals surface area contributed by atoms with Gasteiger partial charge in [-0.25, -0.2) is 18.7 Å². The Hall–Kier alpha value is -7.44. The molecule has 9 aromatic carbocycles. The third-order valence-electron chi connectivity index (χ3n) is 13.8. The van der Waals surface area contributed by atoms with Crippen molar-refractivity contribution < 1.29 is 13.5 Å². The molecule has 0 bridgehead atoms. The Balaban J connectivity index is 1.15. The van der Waals surface area contributed by atoms with Gasteiger partial charge in [-0.2, -0.15) is 0 Å². The van der Waals surface area contributed by atoms with E-state index in [0.29, 0.717) is 17.3 Å². The van der Waals surface area contributed by atoms with E-state index in [4.69, 9.17) is 14.7 Å². The van der Waals surface area contributed by atoms with Crippen LogP contribution in [-0.4, -0.2) is 17.1 Å². The number of nitrogens with zero attached hydrogens (tertiary/aromatic N) is 3. The monoisotopic (exact) mass is 821 g/mol. The predicted molar refractivity (Wildman–Crippen MR) is 254 cm³/mol. The number of rotatable bonds is 4. The molecular formula is C57H41F2N3O. The van der Waals surface area contributed by atoms with Crippen LogP contribution in [0, 0.1) is 11.6 Å². The van der Waals surface area contributed by atoms with E-state index in [1.54, 1.807) is 31.4 Å². The molecule has 6 heteroatoms. The van der Waals surface area contributed by atoms with Gasteiger partial charge in [-0.1, -0.05) is 82.3 Å². The summed E-state index contributed by atoms with van der Waals surface area (Å²) in [6.07, 6.45) is 0. The van der Waals surface area contributed by atoms with Crippen LogP contribution in [0.3, 0.4) is 0 Å². The lowest BCUT2D eigenvalue weighted by Gasteiger charge is -2.42. The van der Waals surface area contributed by atoms with Crippen molar-refractivity contribution in [1.82, 2.24) is 9.97 Å². The molecular weight excluding hydrogens is 781 g/mol. The van der Waals surface area contributed by atoms with E-state index in [1.165, 1.54) is 78.8 Å². The van der Waals surface area contributed by atoms with Gasteiger partial charge in [0.15, 0.2) is 0 Å². The van der Waals surface area contributed by atoms with Crippen molar-refractivity contribution in [2.45, 2.75) is 38.5 Å². The molecule has 63 heavy (non-hydrogen) atoms. The van der Waals surface area contributed by atoms with Gasteiger partial charge in [0.1, 0.15) is 17.4 Å². The summed E-state index contributed by atoms with van der Waals surface area (Å²) in [5.74, 6) is 0.653. The Morgan fingerprint density at radius 1 is 0.444 bits per heavy atom. The Morgan fingerprint density at radius 2 is 0.937 bits per heavy atom. The Morgan fingerprint density at radius 3 is 1.57 bits per heavy atom. The molecule has 12 rings (SSSR count). The lowest BCUT2D eigenvalue weighted by Crippen LogP contribution is -2.32. The summed E-state index contributed by atoms with van der Waals surface area (Å²) >= 11 is 0. The van der Waals surface area contributed by atoms with E-state index in [2.05, 4.69) is 136 Å². The molecule has 0 fully saturated rings. The van der Waals surface area contributed by atoms with Crippen molar-refractivity contribution in [2.75, 3.05) is 12.0 Å². The fourth-order valence-electron chi connectivity index (χ4n) is 10.5. The van der Waals surface area contributed by atoms with Crippen LogP contribution in [0.5, 0.6) is 5.75 Å². The smallest absolute Gasteiger partial charge is 0.235 e. The van der Waals surface area contributed by atoms with Gasteiger partial charge in [0.05, 0.1) is 29.9 Å². The Kier molecular flexibility index (Phi) is 7.87. The molecule has 2 aliphatic rings. The van der Waals surface area contributed by atoms with E-state index in [-0.39, 0.29) is 17.0 Å². The summed E-state index contributed by atoms with van der Waals surface area (Å²) in [5, 5.41) is 9.47. The summed E-state index contributed by atoms with van der Waals surface area (Å²) in [5.41, 5.74) is 11.2. The summed E-state index contributed by atoms with van der Waals surface area (Å²) < 4.78 is 34.4. The second-order valence-electron chi connectivity index (χ2n) is 18.1. The molecule has 1 aliphatic carbocycles. The molecule has 0 unspecified atom stereocenters. The van der Waals surface area contributed by atoms with Gasteiger partial charge in [-0.15, -0.1) is 0 Å². The quantitative estimate of drug-likeness (QED) is 0.166. The van der Waals surface area contributed by atoms with Gasteiger partial charge in [0.2, 0.25) is 5.95 Å². The molecule has 1 aliphatic heterocycles. The van der Waals surface area contributed by atoms with Crippen LogP contribution in [0.4, 0.5) is 26.1 Å². The zero-order valence-corrected chi connectivity index (χ0v) is 35.5. The maximum absolute atomic E-state index is 14.3. The fraction of sp³-hybridized carbons (Fsp3) is 0.123. The van der Waals surface area contributed by atoms with E-state index < -0.39 is 5.41 Å². The van der Waals surface area contributed by atoms with Crippen molar-refractivity contribution in [1.29, 1.82) is 0 Å². The normalized spacial score (nSPS) is 14.5. The van der Waals surface area contributed by atoms with E-state index in [1.807, 2.05) is 6.07 Å². The third-order valence-corrected chi connectivity index (χ3v) is 13.8. The number of halogens is 2. The number of hydrogen-bond donors (Lipinski definition) is 0. The number of fused-ring (bicyclic) bond motifs is 12. The summed E-state index contributed by atoms with van der Waals surface area (Å²) in [6, 6.07) is 52.5. The topological polar surface area (TPSA) is 38.2 Å². The number of aromatic nitrogens is 2. The van der Waals surface area contributed by atoms with Crippen molar-refractivity contribution in [3.05, 3.63) is 192 Å². The standard InChI is InChI=1S/C57H41F2N3O/c1-56(2)47-28-44-41-23-22-38(63-5)26-42(41)39-12-8-9-13-40(39)43(44)27-45(47)46-29-50-54(30-48(46)56)62(53-25-35-11-7-6-10-34(35)24-49(53)57(50,3)4)55-60-51(32-14-18-36(58)19-15-32)31-52(61-55)33-16-20-37(59)21-17-33/h6-31H,1-5H3. The van der Waals surface area contributed by atoms with Crippen molar-refractivity contribution in [3.8, 4) is 39.4 Å². The highest BCUT2D eigenvalue weighted by Crippen LogP contribution is 2.59. The molecule has 0 spiro atoms. The first-order valence-corrected chi connectivity index (χ1v) is 21.4. The lowest BCUT2D eigenvalue weighted by molar-refractivity contribution is 0.415. The van der Waals surface area contributed by atoms with Gasteiger partial charge in [-0.3, -0.25) is 4.90 Å². The molecule has 10 aromatic rings. The van der Waals surface area contributed by atoms with E-state index >= 15 is 0 Å². The van der Waals surface area contributed by atoms with Gasteiger partial charge < -0.3 is 4.74 Å². The first-order valence-electron chi connectivity index (χ1n) is 21.4. The summed E-state index contributed by atoms with van der Waals surface area (Å²) in [4.78, 5) is 12.8. The van der Waals surface area contributed by atoms with Crippen molar-refractivity contribution in [3.63, 3.8) is 0 Å². The first-order chi connectivity index (χ1) is 30.5. The molecule has 4 nitrogen and oxygen atoms in total. The van der Waals surface area contributed by atoms with Crippen LogP contribution in [0.25, 0.3) is 76.7 Å². The lowest BCUT2D eigenvalue weighted by atomic mass is 9.71. The van der Waals surface area contributed by atoms with Crippen LogP contribution in [-0.2, 0) is 10.8 Å². The number of methoxy groups -OCH3 is 1. The number of hydrogen-bond acceptors (Lipinski definition) is 4. The maximum atomic E-state index is 14.3. The van der Waals surface area contributed by atoms with Crippen molar-refractivity contribution >= 4 is 60.4 Å². The molecule has 0 N–H and O–H groups in total. The minimum atomic E-state index is -0.430. The molecule has 304 valence electrons. The highest BCUT2D eigenvalue weighted by molar-refractivity contribution is 6.26. The molecule has 0 atom stereocenters. The highest BCUT2D eigenvalue weighted by Gasteiger charge is 2.43. The average Bonchev–Trinajstić information content (AvgIpc) is 3.52. The van der Waals surface area contributed by atoms with Gasteiger partial charge in [0, 0.05) is 22.0 Å². The second-order valence-corrected chi connectivity index (χ2v) is 18.1. The predicted octanol–water partition coefficient (Wildman–Crippen LogP) is 15.1. The molecule has 1 aromatic heterocycles. The first kappa shape index (κ1) is 37.3. The van der Waals surface area contributed by atoms with Gasteiger partial charge >= 0.3 is 0 Å². The summed E-state index contributed by atoms with van der Waals surface area (Å²) in [7, 11) is 1.72. The van der Waals surface area contributed by atoms with Crippen LogP contribution in [0.15, 0.2) is 158 Å². The molecule has 0 radical (unpaired) electrons. The number of anilines is 3. The van der Waals surface area contributed by atoms with Gasteiger partial charge in [0.25, 0.3) is 0 Å². The zero-order valence-electron chi connectivity index (χ0n) is 35.5. The zero-order chi connectivity index (χ0) is 42.9.